The maximum atomic E-state index is 12.8. The van der Waals surface area contributed by atoms with Gasteiger partial charge in [-0.25, -0.2) is 0 Å². The molecule has 0 saturated carbocycles. The Hall–Kier alpha value is -4.17. The molecule has 3 aliphatic heterocycles. The van der Waals surface area contributed by atoms with E-state index in [2.05, 4.69) is 26.6 Å². The molecule has 10 nitrogen and oxygen atoms in total. The average molecular weight is 989 g/mol. The molecule has 0 spiro atoms. The summed E-state index contributed by atoms with van der Waals surface area (Å²) in [7, 11) is -1.50. The van der Waals surface area contributed by atoms with Crippen molar-refractivity contribution in [3.05, 3.63) is 124 Å². The largest absolute Gasteiger partial charge is 0.494 e. The summed E-state index contributed by atoms with van der Waals surface area (Å²) in [6.07, 6.45) is -8.90. The van der Waals surface area contributed by atoms with E-state index in [0.717, 1.165) is 34.2 Å². The molecule has 3 aliphatic rings. The van der Waals surface area contributed by atoms with Crippen LogP contribution >= 0.6 is 15.9 Å². The van der Waals surface area contributed by atoms with E-state index in [1.54, 1.807) is 48.5 Å². The van der Waals surface area contributed by atoms with E-state index >= 15 is 0 Å². The van der Waals surface area contributed by atoms with Gasteiger partial charge in [0, 0.05) is 27.0 Å². The summed E-state index contributed by atoms with van der Waals surface area (Å²) < 4.78 is 113. The summed E-state index contributed by atoms with van der Waals surface area (Å²) in [5, 5.41) is 4.92. The highest BCUT2D eigenvalue weighted by atomic mass is 79.9. The van der Waals surface area contributed by atoms with Crippen LogP contribution in [0.1, 0.15) is 115 Å². The van der Waals surface area contributed by atoms with Crippen molar-refractivity contribution in [3.63, 3.8) is 0 Å². The molecule has 0 unspecified atom stereocenters. The van der Waals surface area contributed by atoms with Gasteiger partial charge in [-0.3, -0.25) is 9.59 Å². The van der Waals surface area contributed by atoms with Crippen molar-refractivity contribution in [2.24, 2.45) is 0 Å². The summed E-state index contributed by atoms with van der Waals surface area (Å²) >= 11 is 3.24. The fourth-order valence-corrected chi connectivity index (χ4v) is 6.59. The van der Waals surface area contributed by atoms with Crippen LogP contribution in [0.25, 0.3) is 0 Å². The third-order valence-corrected chi connectivity index (χ3v) is 13.0. The number of alkyl halides is 6. The predicted molar refractivity (Wildman–Crippen MR) is 247 cm³/mol. The van der Waals surface area contributed by atoms with Gasteiger partial charge in [0.15, 0.2) is 0 Å². The first kappa shape index (κ1) is 52.8. The lowest BCUT2D eigenvalue weighted by Gasteiger charge is -2.32. The third-order valence-electron chi connectivity index (χ3n) is 12.5. The summed E-state index contributed by atoms with van der Waals surface area (Å²) in [6.45, 7) is 24.0. The molecule has 354 valence electrons. The summed E-state index contributed by atoms with van der Waals surface area (Å²) in [6, 6.07) is 22.1. The van der Waals surface area contributed by atoms with Gasteiger partial charge in [0.2, 0.25) is 0 Å². The Balaban J connectivity index is 0.000000192. The van der Waals surface area contributed by atoms with Gasteiger partial charge in [-0.2, -0.15) is 26.3 Å². The maximum Gasteiger partial charge on any atom is 0.494 e. The molecule has 0 atom stereocenters. The SMILES string of the molecule is CC1(C)OB(B2OC(C)(C)C(C)(C)O2)OC1(C)C.CC1(C)OB(c2ccc(C(=O)Nc3cccc(C(F)(F)F)c3)cc2)OC1(C)C.O=C(Nc1cccc(C(F)(F)F)c1)c1ccc(Br)cc1. The smallest absolute Gasteiger partial charge is 0.405 e. The molecule has 4 aromatic rings. The Kier molecular flexibility index (Phi) is 15.3. The first-order valence-corrected chi connectivity index (χ1v) is 21.8. The zero-order valence-electron chi connectivity index (χ0n) is 38.9. The molecule has 66 heavy (non-hydrogen) atoms. The second kappa shape index (κ2) is 19.1. The van der Waals surface area contributed by atoms with Crippen LogP contribution in [0, 0.1) is 0 Å². The van der Waals surface area contributed by atoms with Crippen LogP contribution in [-0.4, -0.2) is 66.6 Å². The Labute approximate surface area is 391 Å². The molecule has 4 aromatic carbocycles. The van der Waals surface area contributed by atoms with Crippen LogP contribution in [0.2, 0.25) is 0 Å². The maximum absolute atomic E-state index is 12.8. The van der Waals surface area contributed by atoms with Crippen LogP contribution in [-0.2, 0) is 40.3 Å². The number of anilines is 2. The summed E-state index contributed by atoms with van der Waals surface area (Å²) in [5.41, 5.74) is -2.38. The van der Waals surface area contributed by atoms with Gasteiger partial charge in [0.05, 0.1) is 44.7 Å². The first-order chi connectivity index (χ1) is 30.1. The third kappa shape index (κ3) is 12.5. The molecule has 0 aliphatic carbocycles. The highest BCUT2D eigenvalue weighted by molar-refractivity contribution is 9.10. The zero-order valence-corrected chi connectivity index (χ0v) is 40.5. The number of nitrogens with one attached hydrogen (secondary N) is 2. The Morgan fingerprint density at radius 2 is 0.773 bits per heavy atom. The van der Waals surface area contributed by atoms with Crippen LogP contribution in [0.5, 0.6) is 0 Å². The predicted octanol–water partition coefficient (Wildman–Crippen LogP) is 11.2. The monoisotopic (exact) mass is 988 g/mol. The fraction of sp³-hybridized carbons (Fsp3) is 0.435. The zero-order chi connectivity index (χ0) is 49.5. The number of amides is 2. The molecule has 7 rings (SSSR count). The van der Waals surface area contributed by atoms with E-state index in [4.69, 9.17) is 27.9 Å². The van der Waals surface area contributed by atoms with E-state index < -0.39 is 67.6 Å². The number of hydrogen-bond acceptors (Lipinski definition) is 8. The molecule has 3 heterocycles. The minimum atomic E-state index is -4.47. The number of carbonyl (C=O) groups excluding carboxylic acids is 2. The highest BCUT2D eigenvalue weighted by Crippen LogP contribution is 2.43. The summed E-state index contributed by atoms with van der Waals surface area (Å²) in [5.74, 6) is -0.961. The van der Waals surface area contributed by atoms with Gasteiger partial charge in [-0.15, -0.1) is 0 Å². The Morgan fingerprint density at radius 1 is 0.470 bits per heavy atom. The molecule has 20 heteroatoms. The minimum Gasteiger partial charge on any atom is -0.405 e. The van der Waals surface area contributed by atoms with Crippen molar-refractivity contribution >= 4 is 65.7 Å². The molecule has 3 saturated heterocycles. The molecule has 3 fully saturated rings. The average Bonchev–Trinajstić information content (AvgIpc) is 3.67. The number of hydrogen-bond donors (Lipinski definition) is 2. The van der Waals surface area contributed by atoms with Gasteiger partial charge in [0.25, 0.3) is 11.8 Å². The van der Waals surface area contributed by atoms with Crippen molar-refractivity contribution < 1.29 is 63.9 Å². The van der Waals surface area contributed by atoms with Gasteiger partial charge < -0.3 is 38.6 Å². The topological polar surface area (TPSA) is 114 Å². The van der Waals surface area contributed by atoms with Crippen LogP contribution in [0.15, 0.2) is 102 Å². The normalized spacial score (nSPS) is 19.8. The molecular weight excluding hydrogens is 935 g/mol. The molecule has 0 bridgehead atoms. The van der Waals surface area contributed by atoms with Gasteiger partial charge >= 0.3 is 33.5 Å². The van der Waals surface area contributed by atoms with Gasteiger partial charge in [0.1, 0.15) is 0 Å². The second-order valence-electron chi connectivity index (χ2n) is 19.0. The standard InChI is InChI=1S/C20H21BF3NO3.C14H9BrF3NO.C12H24B2O4/c1-18(2)19(3,4)28-21(27-18)15-10-8-13(9-11-15)17(26)25-16-7-5-6-14(12-16)20(22,23)24;15-11-6-4-9(5-7-11)13(20)19-12-3-1-2-10(8-12)14(16,17)18;1-9(2)10(3,4)16-13(15-9)14-17-11(5,6)12(7,8)18-14/h5-12H,1-4H3,(H,25,26);1-8H,(H,19,20);1-8H3. The van der Waals surface area contributed by atoms with Gasteiger partial charge in [-0.05, 0) is 161 Å². The van der Waals surface area contributed by atoms with E-state index in [9.17, 15) is 35.9 Å². The van der Waals surface area contributed by atoms with E-state index in [0.29, 0.717) is 11.1 Å². The van der Waals surface area contributed by atoms with Crippen molar-refractivity contribution in [3.8, 4) is 0 Å². The molecule has 0 aromatic heterocycles. The number of halogens is 7. The van der Waals surface area contributed by atoms with E-state index in [-0.39, 0.29) is 33.8 Å². The molecular formula is C46H54B3BrF6N2O8. The summed E-state index contributed by atoms with van der Waals surface area (Å²) in [4.78, 5) is 24.2. The molecule has 0 radical (unpaired) electrons. The van der Waals surface area contributed by atoms with Crippen molar-refractivity contribution in [1.82, 2.24) is 0 Å². The fourth-order valence-electron chi connectivity index (χ4n) is 6.32. The Bertz CT molecular complexity index is 2280. The minimum absolute atomic E-state index is 0.0786. The van der Waals surface area contributed by atoms with Crippen molar-refractivity contribution in [2.75, 3.05) is 10.6 Å². The molecule has 2 amide bonds. The van der Waals surface area contributed by atoms with Crippen molar-refractivity contribution in [1.29, 1.82) is 0 Å². The van der Waals surface area contributed by atoms with E-state index in [1.807, 2.05) is 83.1 Å². The van der Waals surface area contributed by atoms with Crippen LogP contribution < -0.4 is 16.1 Å². The Morgan fingerprint density at radius 3 is 1.09 bits per heavy atom. The molecule has 2 N–H and O–H groups in total. The van der Waals surface area contributed by atoms with Crippen LogP contribution in [0.3, 0.4) is 0 Å². The highest BCUT2D eigenvalue weighted by Gasteiger charge is 2.63. The lowest BCUT2D eigenvalue weighted by molar-refractivity contribution is -0.138. The number of rotatable bonds is 6. The number of carbonyl (C=O) groups is 2. The van der Waals surface area contributed by atoms with Gasteiger partial charge in [-0.1, -0.05) is 40.2 Å². The first-order valence-electron chi connectivity index (χ1n) is 21.0. The van der Waals surface area contributed by atoms with Crippen molar-refractivity contribution in [2.45, 2.75) is 129 Å². The quantitative estimate of drug-likeness (QED) is 0.145. The lowest BCUT2D eigenvalue weighted by Crippen LogP contribution is -2.41. The number of benzene rings is 4. The van der Waals surface area contributed by atoms with E-state index in [1.165, 1.54) is 24.3 Å². The van der Waals surface area contributed by atoms with Crippen LogP contribution in [0.4, 0.5) is 37.7 Å². The second-order valence-corrected chi connectivity index (χ2v) is 19.9. The lowest BCUT2D eigenvalue weighted by atomic mass is 9.49.